The van der Waals surface area contributed by atoms with Crippen molar-refractivity contribution in [1.82, 2.24) is 9.97 Å². The molecule has 6 nitrogen and oxygen atoms in total. The summed E-state index contributed by atoms with van der Waals surface area (Å²) in [5.74, 6) is 1.17. The minimum absolute atomic E-state index is 0.0826. The van der Waals surface area contributed by atoms with Gasteiger partial charge in [-0.2, -0.15) is 0 Å². The first-order valence-corrected chi connectivity index (χ1v) is 11.5. The van der Waals surface area contributed by atoms with Crippen LogP contribution >= 0.6 is 23.1 Å². The number of rotatable bonds is 4. The van der Waals surface area contributed by atoms with E-state index in [2.05, 4.69) is 29.1 Å². The predicted molar refractivity (Wildman–Crippen MR) is 115 cm³/mol. The van der Waals surface area contributed by atoms with Crippen LogP contribution in [0.25, 0.3) is 10.2 Å². The van der Waals surface area contributed by atoms with Crippen molar-refractivity contribution in [3.8, 4) is 11.5 Å². The Labute approximate surface area is 177 Å². The lowest BCUT2D eigenvalue weighted by Gasteiger charge is -2.21. The Hall–Kier alpha value is -2.32. The van der Waals surface area contributed by atoms with E-state index in [-0.39, 0.29) is 11.7 Å². The molecule has 3 heterocycles. The summed E-state index contributed by atoms with van der Waals surface area (Å²) in [5.41, 5.74) is 1.90. The maximum absolute atomic E-state index is 12.5. The van der Waals surface area contributed by atoms with E-state index >= 15 is 0 Å². The Morgan fingerprint density at radius 1 is 1.21 bits per heavy atom. The molecule has 1 fully saturated rings. The van der Waals surface area contributed by atoms with E-state index in [9.17, 15) is 4.79 Å². The zero-order valence-corrected chi connectivity index (χ0v) is 17.9. The van der Waals surface area contributed by atoms with Crippen molar-refractivity contribution in [2.45, 2.75) is 50.3 Å². The Morgan fingerprint density at radius 2 is 2.00 bits per heavy atom. The zero-order valence-electron chi connectivity index (χ0n) is 16.3. The lowest BCUT2D eigenvalue weighted by Crippen LogP contribution is -2.34. The number of anilines is 1. The molecule has 1 amide bonds. The van der Waals surface area contributed by atoms with Crippen molar-refractivity contribution in [2.24, 2.45) is 0 Å². The fourth-order valence-corrected chi connectivity index (χ4v) is 5.80. The summed E-state index contributed by atoms with van der Waals surface area (Å²) in [5, 5.41) is 4.85. The highest BCUT2D eigenvalue weighted by atomic mass is 32.2. The molecule has 1 saturated carbocycles. The predicted octanol–water partition coefficient (Wildman–Crippen LogP) is 5.08. The largest absolute Gasteiger partial charge is 0.448 e. The highest BCUT2D eigenvalue weighted by molar-refractivity contribution is 8.00. The lowest BCUT2D eigenvalue weighted by molar-refractivity contribution is -0.113. The van der Waals surface area contributed by atoms with E-state index in [1.807, 2.05) is 18.2 Å². The summed E-state index contributed by atoms with van der Waals surface area (Å²) in [6, 6.07) is 5.57. The minimum atomic E-state index is -0.490. The molecule has 29 heavy (non-hydrogen) atoms. The van der Waals surface area contributed by atoms with Gasteiger partial charge in [0.05, 0.1) is 5.75 Å². The van der Waals surface area contributed by atoms with Gasteiger partial charge in [0.2, 0.25) is 5.91 Å². The number of thioether (sulfide) groups is 1. The quantitative estimate of drug-likeness (QED) is 0.462. The third-order valence-electron chi connectivity index (χ3n) is 5.46. The fraction of sp³-hybridized carbons (Fsp3) is 0.381. The molecular formula is C21H21N3O3S2. The monoisotopic (exact) mass is 427 g/mol. The van der Waals surface area contributed by atoms with Crippen molar-refractivity contribution in [3.05, 3.63) is 35.0 Å². The highest BCUT2D eigenvalue weighted by Crippen LogP contribution is 2.47. The van der Waals surface area contributed by atoms with Crippen molar-refractivity contribution in [2.75, 3.05) is 11.1 Å². The Kier molecular flexibility index (Phi) is 4.63. The number of fused-ring (bicyclic) bond motifs is 2. The third kappa shape index (κ3) is 3.44. The Morgan fingerprint density at radius 3 is 2.83 bits per heavy atom. The van der Waals surface area contributed by atoms with Crippen LogP contribution < -0.4 is 14.8 Å². The Balaban J connectivity index is 1.26. The number of aryl methyl sites for hydroxylation is 2. The lowest BCUT2D eigenvalue weighted by atomic mass is 10.2. The molecule has 0 radical (unpaired) electrons. The van der Waals surface area contributed by atoms with E-state index in [4.69, 9.17) is 9.47 Å². The number of benzene rings is 1. The number of aromatic nitrogens is 2. The van der Waals surface area contributed by atoms with Gasteiger partial charge >= 0.3 is 0 Å². The molecule has 1 aromatic carbocycles. The molecule has 8 heteroatoms. The van der Waals surface area contributed by atoms with Crippen LogP contribution in [0.4, 0.5) is 5.69 Å². The topological polar surface area (TPSA) is 73.3 Å². The van der Waals surface area contributed by atoms with Gasteiger partial charge in [0.25, 0.3) is 5.79 Å². The summed E-state index contributed by atoms with van der Waals surface area (Å²) in [7, 11) is 0. The molecule has 2 aromatic heterocycles. The molecule has 0 atom stereocenters. The fourth-order valence-electron chi connectivity index (χ4n) is 3.88. The van der Waals surface area contributed by atoms with Gasteiger partial charge in [-0.3, -0.25) is 4.79 Å². The average Bonchev–Trinajstić information content (AvgIpc) is 3.38. The molecule has 0 bridgehead atoms. The van der Waals surface area contributed by atoms with Gasteiger partial charge in [0, 0.05) is 34.9 Å². The smallest absolute Gasteiger partial charge is 0.251 e. The maximum Gasteiger partial charge on any atom is 0.251 e. The molecule has 1 N–H and O–H groups in total. The SMILES string of the molecule is Cc1sc2ncnc(SCC(=O)Nc3ccc4c(c3)OC3(CCCC3)O4)c2c1C. The molecule has 150 valence electrons. The molecule has 2 aliphatic rings. The number of nitrogens with one attached hydrogen (secondary N) is 1. The van der Waals surface area contributed by atoms with Crippen LogP contribution in [0.3, 0.4) is 0 Å². The zero-order chi connectivity index (χ0) is 20.0. The van der Waals surface area contributed by atoms with Gasteiger partial charge < -0.3 is 14.8 Å². The van der Waals surface area contributed by atoms with Gasteiger partial charge in [0.1, 0.15) is 16.2 Å². The first-order valence-electron chi connectivity index (χ1n) is 9.68. The number of hydrogen-bond donors (Lipinski definition) is 1. The number of hydrogen-bond acceptors (Lipinski definition) is 7. The van der Waals surface area contributed by atoms with Crippen LogP contribution in [0.15, 0.2) is 29.6 Å². The number of carbonyl (C=O) groups is 1. The molecule has 1 aliphatic heterocycles. The first kappa shape index (κ1) is 18.7. The summed E-state index contributed by atoms with van der Waals surface area (Å²) in [6.07, 6.45) is 5.63. The molecule has 3 aromatic rings. The van der Waals surface area contributed by atoms with E-state index in [1.54, 1.807) is 17.7 Å². The minimum Gasteiger partial charge on any atom is -0.448 e. The standard InChI is InChI=1S/C21H21N3O3S2/c1-12-13(2)29-20-18(12)19(22-11-23-20)28-10-17(25)24-14-5-6-15-16(9-14)27-21(26-15)7-3-4-8-21/h5-6,9,11H,3-4,7-8,10H2,1-2H3,(H,24,25). The molecule has 1 aliphatic carbocycles. The van der Waals surface area contributed by atoms with Gasteiger partial charge in [-0.15, -0.1) is 11.3 Å². The number of amides is 1. The maximum atomic E-state index is 12.5. The van der Waals surface area contributed by atoms with Crippen LogP contribution in [0.5, 0.6) is 11.5 Å². The van der Waals surface area contributed by atoms with Crippen molar-refractivity contribution in [3.63, 3.8) is 0 Å². The second-order valence-electron chi connectivity index (χ2n) is 7.46. The summed E-state index contributed by atoms with van der Waals surface area (Å²) in [4.78, 5) is 23.5. The molecule has 0 saturated heterocycles. The summed E-state index contributed by atoms with van der Waals surface area (Å²) >= 11 is 3.09. The highest BCUT2D eigenvalue weighted by Gasteiger charge is 2.44. The van der Waals surface area contributed by atoms with Crippen molar-refractivity contribution < 1.29 is 14.3 Å². The number of nitrogens with zero attached hydrogens (tertiary/aromatic N) is 2. The van der Waals surface area contributed by atoms with Crippen LogP contribution in [-0.2, 0) is 4.79 Å². The number of ether oxygens (including phenoxy) is 2. The third-order valence-corrected chi connectivity index (χ3v) is 7.56. The van der Waals surface area contributed by atoms with E-state index in [0.29, 0.717) is 11.4 Å². The summed E-state index contributed by atoms with van der Waals surface area (Å²) < 4.78 is 12.1. The van der Waals surface area contributed by atoms with Crippen molar-refractivity contribution in [1.29, 1.82) is 0 Å². The molecule has 0 unspecified atom stereocenters. The second kappa shape index (κ2) is 7.18. The molecule has 5 rings (SSSR count). The molecular weight excluding hydrogens is 406 g/mol. The second-order valence-corrected chi connectivity index (χ2v) is 9.63. The first-order chi connectivity index (χ1) is 14.0. The van der Waals surface area contributed by atoms with Gasteiger partial charge in [-0.1, -0.05) is 11.8 Å². The Bertz CT molecular complexity index is 1110. The number of carbonyl (C=O) groups excluding carboxylic acids is 1. The number of thiophene rings is 1. The van der Waals surface area contributed by atoms with E-state index in [0.717, 1.165) is 46.7 Å². The molecule has 1 spiro atoms. The average molecular weight is 428 g/mol. The van der Waals surface area contributed by atoms with Gasteiger partial charge in [-0.25, -0.2) is 9.97 Å². The normalized spacial score (nSPS) is 16.6. The van der Waals surface area contributed by atoms with Crippen molar-refractivity contribution >= 4 is 44.9 Å². The van der Waals surface area contributed by atoms with Crippen LogP contribution in [0.2, 0.25) is 0 Å². The van der Waals surface area contributed by atoms with Crippen LogP contribution in [0.1, 0.15) is 36.1 Å². The van der Waals surface area contributed by atoms with Crippen LogP contribution in [-0.4, -0.2) is 27.4 Å². The van der Waals surface area contributed by atoms with Gasteiger partial charge in [-0.05, 0) is 44.4 Å². The van der Waals surface area contributed by atoms with Gasteiger partial charge in [0.15, 0.2) is 11.5 Å². The van der Waals surface area contributed by atoms with E-state index in [1.165, 1.54) is 22.2 Å². The summed E-state index contributed by atoms with van der Waals surface area (Å²) in [6.45, 7) is 4.16. The van der Waals surface area contributed by atoms with Crippen LogP contribution in [0, 0.1) is 13.8 Å². The van der Waals surface area contributed by atoms with E-state index < -0.39 is 5.79 Å².